The largest absolute Gasteiger partial charge is 0.317 e. The number of fused-ring (bicyclic) bond motifs is 4. The van der Waals surface area contributed by atoms with Crippen LogP contribution in [0.15, 0.2) is 36.4 Å². The van der Waals surface area contributed by atoms with Crippen LogP contribution in [0.4, 0.5) is 0 Å². The summed E-state index contributed by atoms with van der Waals surface area (Å²) in [5, 5.41) is 9.32. The maximum absolute atomic E-state index is 3.51. The second kappa shape index (κ2) is 5.89. The van der Waals surface area contributed by atoms with E-state index in [4.69, 9.17) is 0 Å². The van der Waals surface area contributed by atoms with E-state index < -0.39 is 0 Å². The van der Waals surface area contributed by atoms with Crippen molar-refractivity contribution in [2.24, 2.45) is 11.8 Å². The number of piperidine rings is 1. The van der Waals surface area contributed by atoms with E-state index in [-0.39, 0.29) is 0 Å². The molecule has 1 saturated heterocycles. The number of hydrogen-bond donors (Lipinski definition) is 1. The van der Waals surface area contributed by atoms with Crippen LogP contribution in [0.3, 0.4) is 0 Å². The minimum atomic E-state index is 0.789. The molecule has 0 aromatic heterocycles. The first kappa shape index (κ1) is 14.5. The molecule has 1 fully saturated rings. The molecule has 2 aliphatic carbocycles. The van der Waals surface area contributed by atoms with Crippen LogP contribution >= 0.6 is 0 Å². The highest BCUT2D eigenvalue weighted by Gasteiger charge is 2.24. The highest BCUT2D eigenvalue weighted by molar-refractivity contribution is 5.48. The Bertz CT molecular complexity index is 980. The third kappa shape index (κ3) is 2.34. The maximum Gasteiger partial charge on any atom is -0.00461 e. The van der Waals surface area contributed by atoms with Crippen LogP contribution in [0.25, 0.3) is 12.2 Å². The van der Waals surface area contributed by atoms with Gasteiger partial charge in [-0.1, -0.05) is 48.6 Å². The molecule has 2 aromatic rings. The lowest BCUT2D eigenvalue weighted by atomic mass is 9.77. The topological polar surface area (TPSA) is 12.0 Å². The molecule has 1 heterocycles. The van der Waals surface area contributed by atoms with Gasteiger partial charge in [-0.2, -0.15) is 0 Å². The molecule has 0 bridgehead atoms. The van der Waals surface area contributed by atoms with E-state index in [0.717, 1.165) is 18.3 Å². The van der Waals surface area contributed by atoms with Gasteiger partial charge in [0.15, 0.2) is 0 Å². The lowest BCUT2D eigenvalue weighted by Crippen LogP contribution is -2.33. The van der Waals surface area contributed by atoms with Crippen molar-refractivity contribution in [3.8, 4) is 0 Å². The van der Waals surface area contributed by atoms with Gasteiger partial charge >= 0.3 is 0 Å². The van der Waals surface area contributed by atoms with Crippen LogP contribution in [-0.4, -0.2) is 13.1 Å². The van der Waals surface area contributed by atoms with E-state index in [1.807, 2.05) is 0 Å². The molecule has 1 unspecified atom stereocenters. The molecular formula is C23H25N. The van der Waals surface area contributed by atoms with Crippen LogP contribution in [-0.2, 0) is 12.8 Å². The van der Waals surface area contributed by atoms with Gasteiger partial charge in [-0.05, 0) is 89.0 Å². The standard InChI is InChI=1S/C23H25N/c1-2-4-20-17(3-1)5-9-23-21-8-6-18(16-11-13-24-14-12-16)15-19(21)7-10-22(20)23/h1-5,7,10,15-16,18,24H,6,8-9,11-14H2. The minimum Gasteiger partial charge on any atom is -0.317 e. The monoisotopic (exact) mass is 315 g/mol. The summed E-state index contributed by atoms with van der Waals surface area (Å²) in [6.07, 6.45) is 11.4. The fourth-order valence-corrected chi connectivity index (χ4v) is 5.05. The molecule has 0 saturated carbocycles. The molecule has 1 nitrogen and oxygen atoms in total. The average molecular weight is 315 g/mol. The summed E-state index contributed by atoms with van der Waals surface area (Å²) in [4.78, 5) is 0. The molecule has 24 heavy (non-hydrogen) atoms. The Hall–Kier alpha value is -1.86. The fraction of sp³-hybridized carbons (Fsp3) is 0.391. The predicted octanol–water partition coefficient (Wildman–Crippen LogP) is 2.65. The third-order valence-corrected chi connectivity index (χ3v) is 6.36. The molecule has 0 radical (unpaired) electrons. The van der Waals surface area contributed by atoms with Gasteiger partial charge in [-0.3, -0.25) is 0 Å². The molecule has 122 valence electrons. The first-order valence-electron chi connectivity index (χ1n) is 9.53. The normalized spacial score (nSPS) is 22.6. The lowest BCUT2D eigenvalue weighted by Gasteiger charge is -2.31. The van der Waals surface area contributed by atoms with Crippen molar-refractivity contribution in [3.63, 3.8) is 0 Å². The van der Waals surface area contributed by atoms with Gasteiger partial charge in [-0.15, -0.1) is 0 Å². The number of hydrogen-bond acceptors (Lipinski definition) is 1. The Morgan fingerprint density at radius 1 is 0.792 bits per heavy atom. The highest BCUT2D eigenvalue weighted by Crippen LogP contribution is 2.30. The van der Waals surface area contributed by atoms with Crippen molar-refractivity contribution in [1.29, 1.82) is 0 Å². The second-order valence-electron chi connectivity index (χ2n) is 7.61. The van der Waals surface area contributed by atoms with Crippen LogP contribution in [0.2, 0.25) is 0 Å². The Morgan fingerprint density at radius 2 is 1.67 bits per heavy atom. The summed E-state index contributed by atoms with van der Waals surface area (Å²) in [7, 11) is 0. The van der Waals surface area contributed by atoms with E-state index in [2.05, 4.69) is 53.9 Å². The van der Waals surface area contributed by atoms with Crippen LogP contribution < -0.4 is 15.8 Å². The quantitative estimate of drug-likeness (QED) is 0.853. The minimum absolute atomic E-state index is 0.789. The average Bonchev–Trinajstić information content (AvgIpc) is 2.67. The van der Waals surface area contributed by atoms with Crippen molar-refractivity contribution >= 4 is 12.2 Å². The highest BCUT2D eigenvalue weighted by atomic mass is 14.9. The zero-order valence-electron chi connectivity index (χ0n) is 14.2. The number of benzene rings is 2. The summed E-state index contributed by atoms with van der Waals surface area (Å²) in [5.74, 6) is 1.68. The first-order valence-corrected chi connectivity index (χ1v) is 9.53. The summed E-state index contributed by atoms with van der Waals surface area (Å²) in [6, 6.07) is 13.6. The van der Waals surface area contributed by atoms with Crippen LogP contribution in [0, 0.1) is 22.3 Å². The van der Waals surface area contributed by atoms with E-state index in [1.165, 1.54) is 59.6 Å². The zero-order valence-corrected chi connectivity index (χ0v) is 14.2. The fourth-order valence-electron chi connectivity index (χ4n) is 5.05. The number of rotatable bonds is 1. The SMILES string of the molecule is C1=c2ccc3c(c2CCC1C1CCNCC1)CC=c1ccccc1=3. The maximum atomic E-state index is 3.51. The molecule has 0 amide bonds. The van der Waals surface area contributed by atoms with E-state index in [1.54, 1.807) is 11.1 Å². The van der Waals surface area contributed by atoms with Gasteiger partial charge in [0.05, 0.1) is 0 Å². The molecule has 0 spiro atoms. The Balaban J connectivity index is 1.65. The summed E-state index contributed by atoms with van der Waals surface area (Å²) in [5.41, 5.74) is 3.22. The van der Waals surface area contributed by atoms with Gasteiger partial charge in [0.1, 0.15) is 0 Å². The van der Waals surface area contributed by atoms with Gasteiger partial charge in [0.2, 0.25) is 0 Å². The van der Waals surface area contributed by atoms with Crippen LogP contribution in [0.5, 0.6) is 0 Å². The molecular weight excluding hydrogens is 290 g/mol. The molecule has 1 N–H and O–H groups in total. The Kier molecular flexibility index (Phi) is 3.56. The molecule has 5 rings (SSSR count). The van der Waals surface area contributed by atoms with E-state index in [9.17, 15) is 0 Å². The Morgan fingerprint density at radius 3 is 2.58 bits per heavy atom. The summed E-state index contributed by atoms with van der Waals surface area (Å²) in [6.45, 7) is 2.41. The Labute approximate surface area is 143 Å². The van der Waals surface area contributed by atoms with Crippen molar-refractivity contribution in [2.45, 2.75) is 32.1 Å². The van der Waals surface area contributed by atoms with E-state index >= 15 is 0 Å². The summed E-state index contributed by atoms with van der Waals surface area (Å²) >= 11 is 0. The molecule has 1 aliphatic heterocycles. The molecule has 1 heteroatoms. The van der Waals surface area contributed by atoms with Gasteiger partial charge in [-0.25, -0.2) is 0 Å². The first-order chi connectivity index (χ1) is 11.9. The predicted molar refractivity (Wildman–Crippen MR) is 99.8 cm³/mol. The third-order valence-electron chi connectivity index (χ3n) is 6.36. The molecule has 3 aliphatic rings. The molecule has 2 aromatic carbocycles. The second-order valence-corrected chi connectivity index (χ2v) is 7.61. The summed E-state index contributed by atoms with van der Waals surface area (Å²) < 4.78 is 0. The van der Waals surface area contributed by atoms with Crippen molar-refractivity contribution in [2.75, 3.05) is 13.1 Å². The van der Waals surface area contributed by atoms with Gasteiger partial charge < -0.3 is 5.32 Å². The van der Waals surface area contributed by atoms with Crippen molar-refractivity contribution in [3.05, 3.63) is 68.4 Å². The van der Waals surface area contributed by atoms with E-state index in [0.29, 0.717) is 0 Å². The number of nitrogens with one attached hydrogen (secondary N) is 1. The smallest absolute Gasteiger partial charge is 0.00461 e. The molecule has 1 atom stereocenters. The zero-order chi connectivity index (χ0) is 15.9. The lowest BCUT2D eigenvalue weighted by molar-refractivity contribution is 0.296. The van der Waals surface area contributed by atoms with Crippen molar-refractivity contribution < 1.29 is 0 Å². The van der Waals surface area contributed by atoms with Gasteiger partial charge in [0.25, 0.3) is 0 Å². The van der Waals surface area contributed by atoms with Crippen molar-refractivity contribution in [1.82, 2.24) is 5.32 Å². The van der Waals surface area contributed by atoms with Gasteiger partial charge in [0, 0.05) is 0 Å². The van der Waals surface area contributed by atoms with Crippen LogP contribution in [0.1, 0.15) is 30.4 Å².